The smallest absolute Gasteiger partial charge is 0.230 e. The molecule has 1 aromatic heterocycles. The highest BCUT2D eigenvalue weighted by atomic mass is 35.5. The first-order chi connectivity index (χ1) is 16.5. The number of benzene rings is 2. The second-order valence-electron chi connectivity index (χ2n) is 8.51. The molecule has 7 nitrogen and oxygen atoms in total. The van der Waals surface area contributed by atoms with Crippen LogP contribution in [0.15, 0.2) is 53.7 Å². The van der Waals surface area contributed by atoms with Crippen molar-refractivity contribution in [2.75, 3.05) is 26.0 Å². The van der Waals surface area contributed by atoms with Gasteiger partial charge in [0, 0.05) is 17.3 Å². The van der Waals surface area contributed by atoms with Gasteiger partial charge in [0.15, 0.2) is 11.0 Å². The van der Waals surface area contributed by atoms with Crippen LogP contribution in [0.2, 0.25) is 5.02 Å². The number of halogens is 1. The molecule has 2 N–H and O–H groups in total. The van der Waals surface area contributed by atoms with Gasteiger partial charge in [0.05, 0.1) is 26.0 Å². The molecular formula is C25H31ClN5O2S+. The summed E-state index contributed by atoms with van der Waals surface area (Å²) < 4.78 is 7.25. The first kappa shape index (κ1) is 24.6. The Morgan fingerprint density at radius 2 is 1.82 bits per heavy atom. The summed E-state index contributed by atoms with van der Waals surface area (Å²) in [5, 5.41) is 13.4. The van der Waals surface area contributed by atoms with Crippen molar-refractivity contribution >= 4 is 29.3 Å². The summed E-state index contributed by atoms with van der Waals surface area (Å²) in [4.78, 5) is 14.1. The molecule has 2 aromatic carbocycles. The van der Waals surface area contributed by atoms with E-state index in [0.29, 0.717) is 16.7 Å². The van der Waals surface area contributed by atoms with Crippen molar-refractivity contribution in [3.05, 3.63) is 64.9 Å². The maximum atomic E-state index is 12.6. The lowest BCUT2D eigenvalue weighted by Crippen LogP contribution is -3.12. The number of carbonyl (C=O) groups excluding carboxylic acids is 1. The number of ether oxygens (including phenoxy) is 1. The fraction of sp³-hybridized carbons (Fsp3) is 0.400. The molecule has 1 fully saturated rings. The molecule has 9 heteroatoms. The Morgan fingerprint density at radius 3 is 2.50 bits per heavy atom. The van der Waals surface area contributed by atoms with E-state index >= 15 is 0 Å². The number of methoxy groups -OCH3 is 1. The molecule has 1 aliphatic heterocycles. The topological polar surface area (TPSA) is 73.5 Å². The lowest BCUT2D eigenvalue weighted by atomic mass is 10.1. The van der Waals surface area contributed by atoms with E-state index in [1.165, 1.54) is 35.9 Å². The fourth-order valence-corrected chi connectivity index (χ4v) is 5.15. The molecule has 0 unspecified atom stereocenters. The summed E-state index contributed by atoms with van der Waals surface area (Å²) in [6, 6.07) is 15.6. The number of likely N-dealkylation sites (tertiary alicyclic amines) is 1. The van der Waals surface area contributed by atoms with Crippen LogP contribution in [0.1, 0.15) is 43.6 Å². The fourth-order valence-electron chi connectivity index (χ4n) is 4.23. The van der Waals surface area contributed by atoms with Crippen molar-refractivity contribution in [1.29, 1.82) is 0 Å². The molecule has 1 saturated heterocycles. The van der Waals surface area contributed by atoms with Crippen LogP contribution < -0.4 is 15.0 Å². The number of hydrogen-bond donors (Lipinski definition) is 2. The molecule has 1 amide bonds. The van der Waals surface area contributed by atoms with Gasteiger partial charge in [0.2, 0.25) is 5.91 Å². The van der Waals surface area contributed by atoms with Gasteiger partial charge in [0.25, 0.3) is 0 Å². The van der Waals surface area contributed by atoms with Gasteiger partial charge in [-0.2, -0.15) is 0 Å². The molecule has 0 bridgehead atoms. The second kappa shape index (κ2) is 11.7. The van der Waals surface area contributed by atoms with E-state index in [1.807, 2.05) is 48.5 Å². The molecule has 1 aliphatic rings. The Morgan fingerprint density at radius 1 is 1.12 bits per heavy atom. The molecule has 3 aromatic rings. The van der Waals surface area contributed by atoms with Crippen LogP contribution in [0.5, 0.6) is 5.75 Å². The number of rotatable bonds is 9. The number of quaternary nitrogens is 1. The molecule has 2 heterocycles. The third-order valence-corrected chi connectivity index (χ3v) is 7.40. The standard InChI is InChI=1S/C25H30ClN5O2S/c1-18(30-14-4-3-5-15-30)24-28-29-25(31(24)21-10-8-20(26)9-11-21)34-17-23(32)27-16-19-6-12-22(33-2)13-7-19/h6-13,18H,3-5,14-17H2,1-2H3,(H,27,32)/p+1/t18-/m1/s1. The summed E-state index contributed by atoms with van der Waals surface area (Å²) in [5.41, 5.74) is 1.97. The zero-order valence-corrected chi connectivity index (χ0v) is 21.2. The van der Waals surface area contributed by atoms with Crippen LogP contribution in [0.4, 0.5) is 0 Å². The quantitative estimate of drug-likeness (QED) is 0.440. The highest BCUT2D eigenvalue weighted by Crippen LogP contribution is 2.25. The Bertz CT molecular complexity index is 1080. The number of nitrogens with one attached hydrogen (secondary N) is 2. The van der Waals surface area contributed by atoms with Crippen LogP contribution in [0, 0.1) is 0 Å². The number of aromatic nitrogens is 3. The summed E-state index contributed by atoms with van der Waals surface area (Å²) >= 11 is 7.53. The maximum absolute atomic E-state index is 12.6. The van der Waals surface area contributed by atoms with Gasteiger partial charge in [-0.05, 0) is 68.1 Å². The van der Waals surface area contributed by atoms with Crippen LogP contribution in [0.3, 0.4) is 0 Å². The minimum Gasteiger partial charge on any atom is -0.497 e. The van der Waals surface area contributed by atoms with Crippen LogP contribution in [-0.4, -0.2) is 46.6 Å². The lowest BCUT2D eigenvalue weighted by Gasteiger charge is -2.29. The largest absolute Gasteiger partial charge is 0.497 e. The third-order valence-electron chi connectivity index (χ3n) is 6.22. The van der Waals surface area contributed by atoms with E-state index in [0.717, 1.165) is 35.9 Å². The molecule has 0 aliphatic carbocycles. The number of amides is 1. The molecule has 4 rings (SSSR count). The van der Waals surface area contributed by atoms with Gasteiger partial charge in [-0.15, -0.1) is 10.2 Å². The van der Waals surface area contributed by atoms with Gasteiger partial charge in [-0.1, -0.05) is 35.5 Å². The van der Waals surface area contributed by atoms with Gasteiger partial charge in [0.1, 0.15) is 11.8 Å². The summed E-state index contributed by atoms with van der Waals surface area (Å²) in [6.07, 6.45) is 3.78. The number of thioether (sulfide) groups is 1. The average Bonchev–Trinajstić information content (AvgIpc) is 3.31. The Labute approximate surface area is 209 Å². The van der Waals surface area contributed by atoms with Crippen molar-refractivity contribution in [2.24, 2.45) is 0 Å². The van der Waals surface area contributed by atoms with E-state index in [9.17, 15) is 4.79 Å². The monoisotopic (exact) mass is 500 g/mol. The second-order valence-corrected chi connectivity index (χ2v) is 9.89. The number of carbonyl (C=O) groups is 1. The van der Waals surface area contributed by atoms with Crippen molar-refractivity contribution in [3.63, 3.8) is 0 Å². The predicted octanol–water partition coefficient (Wildman–Crippen LogP) is 3.47. The SMILES string of the molecule is COc1ccc(CNC(=O)CSc2nnc([C@@H](C)[NH+]3CCCCC3)n2-c2ccc(Cl)cc2)cc1. The van der Waals surface area contributed by atoms with E-state index < -0.39 is 0 Å². The van der Waals surface area contributed by atoms with Crippen molar-refractivity contribution < 1.29 is 14.4 Å². The van der Waals surface area contributed by atoms with Gasteiger partial charge in [-0.3, -0.25) is 9.36 Å². The molecule has 0 spiro atoms. The number of piperidine rings is 1. The minimum absolute atomic E-state index is 0.0530. The Balaban J connectivity index is 1.46. The highest BCUT2D eigenvalue weighted by molar-refractivity contribution is 7.99. The lowest BCUT2D eigenvalue weighted by molar-refractivity contribution is -0.935. The highest BCUT2D eigenvalue weighted by Gasteiger charge is 2.28. The van der Waals surface area contributed by atoms with E-state index in [-0.39, 0.29) is 17.7 Å². The van der Waals surface area contributed by atoms with Gasteiger partial charge < -0.3 is 15.0 Å². The van der Waals surface area contributed by atoms with E-state index in [1.54, 1.807) is 7.11 Å². The van der Waals surface area contributed by atoms with Crippen molar-refractivity contribution in [1.82, 2.24) is 20.1 Å². The summed E-state index contributed by atoms with van der Waals surface area (Å²) in [5.74, 6) is 1.92. The zero-order valence-electron chi connectivity index (χ0n) is 19.6. The summed E-state index contributed by atoms with van der Waals surface area (Å²) in [6.45, 7) is 4.97. The first-order valence-electron chi connectivity index (χ1n) is 11.6. The molecule has 0 radical (unpaired) electrons. The Hall–Kier alpha value is -2.55. The molecule has 34 heavy (non-hydrogen) atoms. The third kappa shape index (κ3) is 6.11. The molecule has 1 atom stereocenters. The van der Waals surface area contributed by atoms with Crippen molar-refractivity contribution in [2.45, 2.75) is 43.9 Å². The predicted molar refractivity (Wildman–Crippen MR) is 135 cm³/mol. The Kier molecular flexibility index (Phi) is 8.48. The first-order valence-corrected chi connectivity index (χ1v) is 13.0. The van der Waals surface area contributed by atoms with E-state index in [4.69, 9.17) is 16.3 Å². The number of nitrogens with zero attached hydrogens (tertiary/aromatic N) is 3. The average molecular weight is 501 g/mol. The van der Waals surface area contributed by atoms with Crippen molar-refractivity contribution in [3.8, 4) is 11.4 Å². The normalized spacial score (nSPS) is 15.1. The van der Waals surface area contributed by atoms with E-state index in [2.05, 4.69) is 27.0 Å². The van der Waals surface area contributed by atoms with Crippen LogP contribution >= 0.6 is 23.4 Å². The molecular weight excluding hydrogens is 470 g/mol. The summed E-state index contributed by atoms with van der Waals surface area (Å²) in [7, 11) is 1.64. The molecule has 180 valence electrons. The van der Waals surface area contributed by atoms with Gasteiger partial charge >= 0.3 is 0 Å². The van der Waals surface area contributed by atoms with Gasteiger partial charge in [-0.25, -0.2) is 0 Å². The van der Waals surface area contributed by atoms with Crippen LogP contribution in [-0.2, 0) is 11.3 Å². The number of hydrogen-bond acceptors (Lipinski definition) is 5. The van der Waals surface area contributed by atoms with Crippen LogP contribution in [0.25, 0.3) is 5.69 Å². The zero-order chi connectivity index (χ0) is 23.9. The molecule has 0 saturated carbocycles. The minimum atomic E-state index is -0.0530. The maximum Gasteiger partial charge on any atom is 0.230 e.